The normalized spacial score (nSPS) is 15.5. The molecule has 1 saturated heterocycles. The molecule has 3 aromatic carbocycles. The molecule has 11 atom stereocenters. The first-order valence-corrected chi connectivity index (χ1v) is 35.1. The first-order valence-electron chi connectivity index (χ1n) is 34.0. The van der Waals surface area contributed by atoms with E-state index in [0.29, 0.717) is 35.2 Å². The highest BCUT2D eigenvalue weighted by Crippen LogP contribution is 2.23. The summed E-state index contributed by atoms with van der Waals surface area (Å²) in [7, 11) is 1.27. The summed E-state index contributed by atoms with van der Waals surface area (Å²) < 4.78 is -1.36. The molecule has 0 aliphatic carbocycles. The molecular formula is C69H98N18O16S2. The van der Waals surface area contributed by atoms with Gasteiger partial charge < -0.3 is 100 Å². The molecule has 1 aliphatic heterocycles. The molecule has 0 bridgehead atoms. The molecular weight excluding hydrogens is 1400 g/mol. The third kappa shape index (κ3) is 28.7. The largest absolute Gasteiger partial charge is 0.508 e. The number of nitrogens with zero attached hydrogens (tertiary/aromatic N) is 4. The van der Waals surface area contributed by atoms with Crippen molar-refractivity contribution in [3.05, 3.63) is 120 Å². The minimum absolute atomic E-state index is 0.0369. The van der Waals surface area contributed by atoms with Crippen LogP contribution in [0.3, 0.4) is 0 Å². The second kappa shape index (κ2) is 41.8. The summed E-state index contributed by atoms with van der Waals surface area (Å²) in [5, 5.41) is 55.9. The van der Waals surface area contributed by atoms with Gasteiger partial charge in [0.2, 0.25) is 70.9 Å². The van der Waals surface area contributed by atoms with Crippen LogP contribution in [0.4, 0.5) is 0 Å². The number of imidazole rings is 1. The number of H-pyrrole nitrogens is 1. The summed E-state index contributed by atoms with van der Waals surface area (Å²) in [5.41, 5.74) is 19.0. The Hall–Kier alpha value is -10.3. The number of hydrogen-bond donors (Lipinski definition) is 19. The Morgan fingerprint density at radius 2 is 1.21 bits per heavy atom. The van der Waals surface area contributed by atoms with E-state index >= 15 is 0 Å². The van der Waals surface area contributed by atoms with Gasteiger partial charge in [0.1, 0.15) is 60.1 Å². The van der Waals surface area contributed by atoms with E-state index in [4.69, 9.17) is 17.2 Å². The fourth-order valence-corrected chi connectivity index (χ4v) is 11.5. The number of phenols is 1. The molecule has 0 spiro atoms. The smallest absolute Gasteiger partial charge is 0.327 e. The van der Waals surface area contributed by atoms with Gasteiger partial charge in [0.05, 0.1) is 38.1 Å². The second-order valence-electron chi connectivity index (χ2n) is 26.4. The molecule has 105 heavy (non-hydrogen) atoms. The van der Waals surface area contributed by atoms with Crippen LogP contribution in [0.2, 0.25) is 0 Å². The maximum absolute atomic E-state index is 14.4. The van der Waals surface area contributed by atoms with E-state index in [1.165, 1.54) is 69.5 Å². The Kier molecular flexibility index (Phi) is 34.0. The lowest BCUT2D eigenvalue weighted by Crippen LogP contribution is -2.63. The molecule has 1 aromatic heterocycles. The third-order valence-corrected chi connectivity index (χ3v) is 17.3. The number of carbonyl (C=O) groups is 13. The number of aromatic nitrogens is 2. The average Bonchev–Trinajstić information content (AvgIpc) is 1.78. The van der Waals surface area contributed by atoms with Crippen LogP contribution in [-0.2, 0) is 88.0 Å². The molecule has 20 N–H and O–H groups in total. The number of amides is 12. The molecule has 1 fully saturated rings. The van der Waals surface area contributed by atoms with Crippen molar-refractivity contribution < 1.29 is 77.6 Å². The number of likely N-dealkylation sites (tertiary alicyclic amines) is 1. The van der Waals surface area contributed by atoms with E-state index in [9.17, 15) is 77.6 Å². The molecule has 1 aliphatic rings. The van der Waals surface area contributed by atoms with Crippen LogP contribution in [0.5, 0.6) is 5.75 Å². The standard InChI is InChI=1S/C69H98N18O16S2/c1-38(2)27-46(60(95)82-50(30-42-21-23-44(89)24-22-42)66(101)87-26-14-20-52(87)63(98)83-51(36-104)67(102)103)79-54(91)35-86(6)55(92)34-76-59(94)47(28-40-15-9-7-10-16-40)81-61(96)49(31-43-32-73-37-77-43)78-53(90)33-75-64(99)56(39(3)88)84-65(100)57(69(4,5)105)85-62(97)48(29-41-17-11-8-12-18-41)80-58(93)45(70)19-13-25-74-68(71)72/h7-12,15-18,21-24,32,37-39,45-52,56-57,88-89,104-105H,13-14,19-20,25-31,33-36,70H2,1-6H3,(H,73,77)(H,75,99)(H,76,94)(H,78,90)(H,79,91)(H,80,93)(H,81,96)(H,82,95)(H,83,98)(H,84,100)(H,85,97)(H,102,103)(H4,71,72,74)/t39-,45+,46+,47+,48+,49+,50+,51+,52+,56+,57-/m1/s1. The maximum Gasteiger partial charge on any atom is 0.327 e. The van der Waals surface area contributed by atoms with Crippen LogP contribution in [0.15, 0.2) is 102 Å². The van der Waals surface area contributed by atoms with Gasteiger partial charge in [-0.15, -0.1) is 0 Å². The van der Waals surface area contributed by atoms with E-state index in [2.05, 4.69) is 93.4 Å². The number of likely N-dealkylation sites (N-methyl/N-ethyl adjacent to an activating group) is 1. The molecule has 0 radical (unpaired) electrons. The zero-order valence-corrected chi connectivity index (χ0v) is 61.1. The minimum atomic E-state index is -1.76. The predicted molar refractivity (Wildman–Crippen MR) is 392 cm³/mol. The van der Waals surface area contributed by atoms with Crippen molar-refractivity contribution in [3.63, 3.8) is 0 Å². The number of nitrogens with two attached hydrogens (primary N) is 3. The van der Waals surface area contributed by atoms with Gasteiger partial charge in [-0.05, 0) is 87.6 Å². The second-order valence-corrected chi connectivity index (χ2v) is 27.9. The molecule has 12 amide bonds. The van der Waals surface area contributed by atoms with Gasteiger partial charge in [-0.25, -0.2) is 9.78 Å². The van der Waals surface area contributed by atoms with Crippen molar-refractivity contribution in [2.24, 2.45) is 28.1 Å². The van der Waals surface area contributed by atoms with E-state index in [-0.39, 0.29) is 81.4 Å². The van der Waals surface area contributed by atoms with Crippen LogP contribution in [0.1, 0.15) is 89.1 Å². The number of carbonyl (C=O) groups excluding carboxylic acids is 12. The number of aromatic amines is 1. The number of thiol groups is 2. The number of guanidine groups is 1. The minimum Gasteiger partial charge on any atom is -0.508 e. The van der Waals surface area contributed by atoms with E-state index in [0.717, 1.165) is 4.90 Å². The first-order chi connectivity index (χ1) is 49.6. The summed E-state index contributed by atoms with van der Waals surface area (Å²) >= 11 is 8.59. The van der Waals surface area contributed by atoms with Gasteiger partial charge in [0.15, 0.2) is 5.96 Å². The highest BCUT2D eigenvalue weighted by Gasteiger charge is 2.42. The zero-order valence-electron chi connectivity index (χ0n) is 59.3. The van der Waals surface area contributed by atoms with Crippen LogP contribution in [-0.4, -0.2) is 235 Å². The monoisotopic (exact) mass is 1500 g/mol. The summed E-state index contributed by atoms with van der Waals surface area (Å²) in [6, 6.07) is 9.40. The zero-order chi connectivity index (χ0) is 77.7. The van der Waals surface area contributed by atoms with Gasteiger partial charge >= 0.3 is 5.97 Å². The Morgan fingerprint density at radius 3 is 1.77 bits per heavy atom. The predicted octanol–water partition coefficient (Wildman–Crippen LogP) is -3.52. The van der Waals surface area contributed by atoms with Crippen LogP contribution in [0, 0.1) is 5.92 Å². The molecule has 572 valence electrons. The summed E-state index contributed by atoms with van der Waals surface area (Å²) in [6.45, 7) is 5.87. The summed E-state index contributed by atoms with van der Waals surface area (Å²) in [6.07, 6.45) is 1.68. The number of aliphatic imine (C=N–C) groups is 1. The number of carboxylic acid groups (broad SMARTS) is 1. The van der Waals surface area contributed by atoms with Crippen molar-refractivity contribution >= 4 is 108 Å². The summed E-state index contributed by atoms with van der Waals surface area (Å²) in [5.74, 6) is -12.0. The Labute approximate surface area is 618 Å². The number of phenolic OH excluding ortho intramolecular Hbond substituents is 1. The number of aliphatic hydroxyl groups excluding tert-OH is 1. The molecule has 34 nitrogen and oxygen atoms in total. The SMILES string of the molecule is CC(C)C[C@H](NC(=O)CN(C)C(=O)CNC(=O)[C@H](Cc1ccccc1)NC(=O)[C@H](Cc1cnc[nH]1)NC(=O)CNC(=O)[C@@H](NC(=O)[C@@H](NC(=O)[C@H](Cc1ccccc1)NC(=O)[C@@H](N)CCCN=C(N)N)C(C)(C)S)[C@@H](C)O)C(=O)N[C@@H](Cc1ccc(O)cc1)C(=O)N1CCC[C@H]1C(=O)N[C@@H](CS)C(=O)O. The molecule has 4 aromatic rings. The highest BCUT2D eigenvalue weighted by atomic mass is 32.1. The first kappa shape index (κ1) is 85.3. The highest BCUT2D eigenvalue weighted by molar-refractivity contribution is 7.81. The van der Waals surface area contributed by atoms with E-state index in [1.807, 2.05) is 0 Å². The van der Waals surface area contributed by atoms with Crippen molar-refractivity contribution in [2.45, 2.75) is 164 Å². The average molecular weight is 1500 g/mol. The quantitative estimate of drug-likeness (QED) is 0.00886. The molecule has 5 rings (SSSR count). The number of aromatic hydroxyl groups is 1. The topological polar surface area (TPSA) is 528 Å². The van der Waals surface area contributed by atoms with E-state index in [1.54, 1.807) is 74.5 Å². The van der Waals surface area contributed by atoms with Crippen molar-refractivity contribution in [1.82, 2.24) is 72.9 Å². The van der Waals surface area contributed by atoms with Crippen molar-refractivity contribution in [1.29, 1.82) is 0 Å². The Bertz CT molecular complexity index is 3640. The Morgan fingerprint density at radius 1 is 0.667 bits per heavy atom. The van der Waals surface area contributed by atoms with Gasteiger partial charge in [-0.1, -0.05) is 86.6 Å². The van der Waals surface area contributed by atoms with Crippen molar-refractivity contribution in [2.75, 3.05) is 45.5 Å². The van der Waals surface area contributed by atoms with Gasteiger partial charge in [0.25, 0.3) is 0 Å². The fraction of sp³-hybridized carbons (Fsp3) is 0.493. The van der Waals surface area contributed by atoms with Crippen molar-refractivity contribution in [3.8, 4) is 5.75 Å². The molecule has 0 unspecified atom stereocenters. The number of hydrogen-bond acceptors (Lipinski definition) is 20. The lowest BCUT2D eigenvalue weighted by molar-refractivity contribution is -0.144. The summed E-state index contributed by atoms with van der Waals surface area (Å²) in [4.78, 5) is 192. The van der Waals surface area contributed by atoms with E-state index < -0.39 is 168 Å². The van der Waals surface area contributed by atoms with Crippen LogP contribution in [0.25, 0.3) is 0 Å². The number of benzene rings is 3. The number of aliphatic carboxylic acids is 1. The van der Waals surface area contributed by atoms with Gasteiger partial charge in [-0.2, -0.15) is 25.3 Å². The third-order valence-electron chi connectivity index (χ3n) is 16.7. The van der Waals surface area contributed by atoms with Gasteiger partial charge in [0, 0.05) is 68.2 Å². The van der Waals surface area contributed by atoms with Crippen LogP contribution < -0.4 is 70.4 Å². The lowest BCUT2D eigenvalue weighted by Gasteiger charge is -2.33. The molecule has 0 saturated carbocycles. The number of aliphatic hydroxyl groups is 1. The number of nitrogens with one attached hydrogen (secondary N) is 11. The lowest BCUT2D eigenvalue weighted by atomic mass is 9.99. The molecule has 36 heteroatoms. The molecule has 2 heterocycles. The number of carboxylic acids is 1. The van der Waals surface area contributed by atoms with Gasteiger partial charge in [-0.3, -0.25) is 62.5 Å². The maximum atomic E-state index is 14.4. The van der Waals surface area contributed by atoms with Crippen LogP contribution >= 0.6 is 25.3 Å². The Balaban J connectivity index is 1.24. The fourth-order valence-electron chi connectivity index (χ4n) is 11.1. The number of rotatable bonds is 41.